The van der Waals surface area contributed by atoms with Gasteiger partial charge in [-0.15, -0.1) is 0 Å². The number of aromatic nitrogens is 2. The first-order valence-electron chi connectivity index (χ1n) is 5.08. The van der Waals surface area contributed by atoms with Crippen molar-refractivity contribution in [3.63, 3.8) is 0 Å². The number of nitrogens with zero attached hydrogens (tertiary/aromatic N) is 2. The molecule has 1 rings (SSSR count). The van der Waals surface area contributed by atoms with Crippen LogP contribution in [0.15, 0.2) is 4.52 Å². The normalized spacial score (nSPS) is 12.1. The van der Waals surface area contributed by atoms with Crippen LogP contribution < -0.4 is 5.32 Å². The molecule has 0 atom stereocenters. The largest absolute Gasteiger partial charge is 0.411 e. The monoisotopic (exact) mass is 253 g/mol. The molecule has 1 aromatic heterocycles. The van der Waals surface area contributed by atoms with Crippen LogP contribution in [0.1, 0.15) is 19.7 Å². The van der Waals surface area contributed by atoms with Crippen LogP contribution in [0.3, 0.4) is 0 Å². The maximum Gasteiger partial charge on any atom is 0.411 e. The van der Waals surface area contributed by atoms with Crippen molar-refractivity contribution in [2.45, 2.75) is 26.6 Å². The van der Waals surface area contributed by atoms with Gasteiger partial charge in [0.2, 0.25) is 0 Å². The van der Waals surface area contributed by atoms with Gasteiger partial charge in [0.25, 0.3) is 0 Å². The Morgan fingerprint density at radius 2 is 2.12 bits per heavy atom. The van der Waals surface area contributed by atoms with Gasteiger partial charge in [0.15, 0.2) is 5.82 Å². The smallest absolute Gasteiger partial charge is 0.364 e. The summed E-state index contributed by atoms with van der Waals surface area (Å²) in [5.41, 5.74) is 0. The van der Waals surface area contributed by atoms with Crippen LogP contribution in [0.2, 0.25) is 0 Å². The van der Waals surface area contributed by atoms with E-state index >= 15 is 0 Å². The summed E-state index contributed by atoms with van der Waals surface area (Å²) in [6.45, 7) is 2.99. The molecule has 0 aliphatic heterocycles. The molecular weight excluding hydrogens is 239 g/mol. The molecule has 0 unspecified atom stereocenters. The topological polar surface area (TPSA) is 60.2 Å². The molecule has 0 aromatic carbocycles. The van der Waals surface area contributed by atoms with Gasteiger partial charge in [-0.05, 0) is 5.92 Å². The lowest BCUT2D eigenvalue weighted by Crippen LogP contribution is -2.17. The van der Waals surface area contributed by atoms with Gasteiger partial charge < -0.3 is 14.6 Å². The van der Waals surface area contributed by atoms with Gasteiger partial charge in [-0.2, -0.15) is 18.2 Å². The molecule has 0 aliphatic rings. The quantitative estimate of drug-likeness (QED) is 0.842. The number of alkyl halides is 3. The minimum Gasteiger partial charge on any atom is -0.364 e. The second-order valence-electron chi connectivity index (χ2n) is 3.90. The zero-order chi connectivity index (χ0) is 12.9. The second-order valence-corrected chi connectivity index (χ2v) is 3.90. The number of rotatable bonds is 6. The van der Waals surface area contributed by atoms with Crippen LogP contribution in [-0.2, 0) is 11.3 Å². The SMILES string of the molecule is CC(C)CNc1nc(COCC(F)(F)F)no1. The summed E-state index contributed by atoms with van der Waals surface area (Å²) in [5.74, 6) is 0.479. The molecular formula is C9H14F3N3O2. The average Bonchev–Trinajstić information content (AvgIpc) is 2.61. The Hall–Kier alpha value is -1.31. The fraction of sp³-hybridized carbons (Fsp3) is 0.778. The van der Waals surface area contributed by atoms with E-state index in [4.69, 9.17) is 4.52 Å². The maximum atomic E-state index is 11.8. The number of nitrogens with one attached hydrogen (secondary N) is 1. The van der Waals surface area contributed by atoms with Crippen molar-refractivity contribution in [3.05, 3.63) is 5.82 Å². The van der Waals surface area contributed by atoms with E-state index in [0.717, 1.165) is 0 Å². The van der Waals surface area contributed by atoms with Crippen LogP contribution in [-0.4, -0.2) is 29.5 Å². The van der Waals surface area contributed by atoms with E-state index in [1.807, 2.05) is 13.8 Å². The van der Waals surface area contributed by atoms with Gasteiger partial charge >= 0.3 is 12.2 Å². The standard InChI is InChI=1S/C9H14F3N3O2/c1-6(2)3-13-8-14-7(15-17-8)4-16-5-9(10,11)12/h6H,3-5H2,1-2H3,(H,13,14,15). The highest BCUT2D eigenvalue weighted by Crippen LogP contribution is 2.15. The zero-order valence-electron chi connectivity index (χ0n) is 9.54. The fourth-order valence-electron chi connectivity index (χ4n) is 0.934. The molecule has 0 saturated heterocycles. The molecule has 5 nitrogen and oxygen atoms in total. The summed E-state index contributed by atoms with van der Waals surface area (Å²) in [4.78, 5) is 3.82. The lowest BCUT2D eigenvalue weighted by molar-refractivity contribution is -0.177. The molecule has 1 aromatic rings. The van der Waals surface area contributed by atoms with Crippen molar-refractivity contribution < 1.29 is 22.4 Å². The third-order valence-corrected chi connectivity index (χ3v) is 1.63. The van der Waals surface area contributed by atoms with Gasteiger partial charge in [-0.25, -0.2) is 0 Å². The second kappa shape index (κ2) is 5.85. The molecule has 0 spiro atoms. The van der Waals surface area contributed by atoms with E-state index in [1.54, 1.807) is 0 Å². The molecule has 0 aliphatic carbocycles. The fourth-order valence-corrected chi connectivity index (χ4v) is 0.934. The minimum absolute atomic E-state index is 0.0838. The molecule has 17 heavy (non-hydrogen) atoms. The molecule has 0 fully saturated rings. The summed E-state index contributed by atoms with van der Waals surface area (Å²) >= 11 is 0. The number of hydrogen-bond donors (Lipinski definition) is 1. The Morgan fingerprint density at radius 3 is 2.71 bits per heavy atom. The van der Waals surface area contributed by atoms with E-state index in [-0.39, 0.29) is 18.4 Å². The van der Waals surface area contributed by atoms with Crippen molar-refractivity contribution in [3.8, 4) is 0 Å². The molecule has 98 valence electrons. The molecule has 0 bridgehead atoms. The van der Waals surface area contributed by atoms with E-state index in [9.17, 15) is 13.2 Å². The lowest BCUT2D eigenvalue weighted by atomic mass is 10.2. The van der Waals surface area contributed by atoms with Gasteiger partial charge in [0.1, 0.15) is 13.2 Å². The highest BCUT2D eigenvalue weighted by atomic mass is 19.4. The third kappa shape index (κ3) is 6.10. The summed E-state index contributed by atoms with van der Waals surface area (Å²) in [6.07, 6.45) is -4.34. The van der Waals surface area contributed by atoms with Crippen molar-refractivity contribution in [2.75, 3.05) is 18.5 Å². The highest BCUT2D eigenvalue weighted by molar-refractivity contribution is 5.17. The van der Waals surface area contributed by atoms with Crippen LogP contribution in [0.5, 0.6) is 0 Å². The van der Waals surface area contributed by atoms with E-state index in [2.05, 4.69) is 20.2 Å². The van der Waals surface area contributed by atoms with E-state index in [1.165, 1.54) is 0 Å². The Kier molecular flexibility index (Phi) is 4.73. The van der Waals surface area contributed by atoms with Crippen LogP contribution >= 0.6 is 0 Å². The third-order valence-electron chi connectivity index (χ3n) is 1.63. The first-order chi connectivity index (χ1) is 7.87. The zero-order valence-corrected chi connectivity index (χ0v) is 9.54. The number of ether oxygens (including phenoxy) is 1. The van der Waals surface area contributed by atoms with E-state index in [0.29, 0.717) is 12.5 Å². The first kappa shape index (κ1) is 13.8. The van der Waals surface area contributed by atoms with Crippen molar-refractivity contribution in [1.29, 1.82) is 0 Å². The number of halogens is 3. The van der Waals surface area contributed by atoms with Gasteiger partial charge in [-0.3, -0.25) is 0 Å². The number of hydrogen-bond acceptors (Lipinski definition) is 5. The Labute approximate surface area is 96.3 Å². The predicted octanol–water partition coefficient (Wildman–Crippen LogP) is 2.22. The van der Waals surface area contributed by atoms with Crippen molar-refractivity contribution in [2.24, 2.45) is 5.92 Å². The van der Waals surface area contributed by atoms with Crippen LogP contribution in [0.4, 0.5) is 19.2 Å². The summed E-state index contributed by atoms with van der Waals surface area (Å²) in [5, 5.41) is 6.33. The summed E-state index contributed by atoms with van der Waals surface area (Å²) < 4.78 is 44.5. The Bertz CT molecular complexity index is 338. The van der Waals surface area contributed by atoms with Gasteiger partial charge in [-0.1, -0.05) is 19.0 Å². The summed E-state index contributed by atoms with van der Waals surface area (Å²) in [7, 11) is 0. The molecule has 0 amide bonds. The highest BCUT2D eigenvalue weighted by Gasteiger charge is 2.27. The van der Waals surface area contributed by atoms with Crippen LogP contribution in [0.25, 0.3) is 0 Å². The Morgan fingerprint density at radius 1 is 1.41 bits per heavy atom. The first-order valence-corrected chi connectivity index (χ1v) is 5.08. The molecule has 0 radical (unpaired) electrons. The lowest BCUT2D eigenvalue weighted by Gasteiger charge is -2.04. The van der Waals surface area contributed by atoms with Gasteiger partial charge in [0.05, 0.1) is 0 Å². The molecule has 1 N–H and O–H groups in total. The summed E-state index contributed by atoms with van der Waals surface area (Å²) in [6, 6.07) is 0.185. The number of anilines is 1. The van der Waals surface area contributed by atoms with Gasteiger partial charge in [0, 0.05) is 6.54 Å². The Balaban J connectivity index is 2.31. The maximum absolute atomic E-state index is 11.8. The minimum atomic E-state index is -4.34. The van der Waals surface area contributed by atoms with Crippen molar-refractivity contribution >= 4 is 6.01 Å². The molecule has 0 saturated carbocycles. The predicted molar refractivity (Wildman–Crippen MR) is 53.3 cm³/mol. The molecule has 1 heterocycles. The molecule has 8 heteroatoms. The van der Waals surface area contributed by atoms with E-state index < -0.39 is 12.8 Å². The average molecular weight is 253 g/mol. The van der Waals surface area contributed by atoms with Crippen LogP contribution in [0, 0.1) is 5.92 Å². The van der Waals surface area contributed by atoms with Crippen molar-refractivity contribution in [1.82, 2.24) is 10.1 Å².